The van der Waals surface area contributed by atoms with Crippen molar-refractivity contribution >= 4 is 48.9 Å². The number of halogens is 2. The van der Waals surface area contributed by atoms with Crippen molar-refractivity contribution in [2.24, 2.45) is 0 Å². The lowest BCUT2D eigenvalue weighted by molar-refractivity contribution is 0.581. The second kappa shape index (κ2) is 6.72. The molecule has 106 valence electrons. The Morgan fingerprint density at radius 3 is 2.79 bits per heavy atom. The minimum Gasteiger partial charge on any atom is -0.210 e. The summed E-state index contributed by atoms with van der Waals surface area (Å²) < 4.78 is 27.6. The molecule has 0 bridgehead atoms. The third-order valence-electron chi connectivity index (χ3n) is 3.01. The Bertz CT molecular complexity index is 561. The van der Waals surface area contributed by atoms with Gasteiger partial charge in [0.1, 0.15) is 4.21 Å². The van der Waals surface area contributed by atoms with Crippen LogP contribution in [0.3, 0.4) is 0 Å². The van der Waals surface area contributed by atoms with E-state index in [1.54, 1.807) is 0 Å². The number of hydrogen-bond acceptors (Lipinski definition) is 3. The number of rotatable bonds is 5. The van der Waals surface area contributed by atoms with E-state index in [9.17, 15) is 8.42 Å². The summed E-state index contributed by atoms with van der Waals surface area (Å²) in [6.45, 7) is 0.446. The molecule has 1 aromatic heterocycles. The normalized spacial score (nSPS) is 16.4. The zero-order chi connectivity index (χ0) is 13.9. The Morgan fingerprint density at radius 1 is 1.42 bits per heavy atom. The quantitative estimate of drug-likeness (QED) is 0.768. The molecule has 1 aromatic rings. The average molecular weight is 385 g/mol. The van der Waals surface area contributed by atoms with Crippen LogP contribution in [-0.2, 0) is 10.0 Å². The number of sulfonamides is 1. The van der Waals surface area contributed by atoms with Gasteiger partial charge in [0.25, 0.3) is 0 Å². The number of allylic oxidation sites excluding steroid dienone is 1. The molecule has 3 nitrogen and oxygen atoms in total. The first-order chi connectivity index (χ1) is 8.99. The van der Waals surface area contributed by atoms with Crippen LogP contribution in [0, 0.1) is 0 Å². The molecule has 0 spiro atoms. The van der Waals surface area contributed by atoms with Crippen molar-refractivity contribution in [2.75, 3.05) is 6.54 Å². The first-order valence-corrected chi connectivity index (χ1v) is 9.58. The lowest BCUT2D eigenvalue weighted by Crippen LogP contribution is -2.24. The molecule has 7 heteroatoms. The average Bonchev–Trinajstić information content (AvgIpc) is 2.72. The van der Waals surface area contributed by atoms with E-state index in [0.717, 1.165) is 30.6 Å². The predicted molar refractivity (Wildman–Crippen MR) is 83.4 cm³/mol. The van der Waals surface area contributed by atoms with Gasteiger partial charge in [0.05, 0.1) is 8.81 Å². The van der Waals surface area contributed by atoms with E-state index in [-0.39, 0.29) is 4.21 Å². The fourth-order valence-corrected chi connectivity index (χ4v) is 5.48. The molecule has 0 saturated heterocycles. The van der Waals surface area contributed by atoms with Gasteiger partial charge in [-0.25, -0.2) is 13.1 Å². The molecule has 0 radical (unpaired) electrons. The van der Waals surface area contributed by atoms with Gasteiger partial charge in [0, 0.05) is 6.54 Å². The summed E-state index contributed by atoms with van der Waals surface area (Å²) in [6, 6.07) is 1.47. The van der Waals surface area contributed by atoms with Crippen molar-refractivity contribution in [3.63, 3.8) is 0 Å². The lowest BCUT2D eigenvalue weighted by Gasteiger charge is -2.12. The van der Waals surface area contributed by atoms with Crippen LogP contribution in [0.2, 0.25) is 5.02 Å². The van der Waals surface area contributed by atoms with Crippen molar-refractivity contribution in [1.29, 1.82) is 0 Å². The lowest BCUT2D eigenvalue weighted by atomic mass is 9.97. The third-order valence-corrected chi connectivity index (χ3v) is 7.42. The van der Waals surface area contributed by atoms with E-state index in [4.69, 9.17) is 11.6 Å². The Kier molecular flexibility index (Phi) is 5.48. The SMILES string of the molecule is O=S(=O)(NCCC1=CCCCC1)c1cc(Cl)c(Br)s1. The van der Waals surface area contributed by atoms with Gasteiger partial charge in [0.2, 0.25) is 10.0 Å². The molecule has 1 aliphatic rings. The maximum Gasteiger partial charge on any atom is 0.250 e. The molecule has 19 heavy (non-hydrogen) atoms. The van der Waals surface area contributed by atoms with Crippen molar-refractivity contribution in [3.05, 3.63) is 26.5 Å². The molecule has 2 rings (SSSR count). The topological polar surface area (TPSA) is 46.2 Å². The van der Waals surface area contributed by atoms with E-state index in [1.807, 2.05) is 0 Å². The van der Waals surface area contributed by atoms with Gasteiger partial charge in [-0.2, -0.15) is 0 Å². The van der Waals surface area contributed by atoms with Gasteiger partial charge >= 0.3 is 0 Å². The molecule has 1 aliphatic carbocycles. The zero-order valence-electron chi connectivity index (χ0n) is 10.3. The Labute approximate surface area is 131 Å². The monoisotopic (exact) mass is 383 g/mol. The highest BCUT2D eigenvalue weighted by Gasteiger charge is 2.18. The highest BCUT2D eigenvalue weighted by atomic mass is 79.9. The van der Waals surface area contributed by atoms with E-state index >= 15 is 0 Å². The predicted octanol–water partition coefficient (Wildman–Crippen LogP) is 4.33. The Morgan fingerprint density at radius 2 is 2.21 bits per heavy atom. The van der Waals surface area contributed by atoms with E-state index in [2.05, 4.69) is 26.7 Å². The van der Waals surface area contributed by atoms with Crippen LogP contribution in [0.4, 0.5) is 0 Å². The van der Waals surface area contributed by atoms with Crippen LogP contribution in [-0.4, -0.2) is 15.0 Å². The molecule has 0 atom stereocenters. The van der Waals surface area contributed by atoms with E-state index < -0.39 is 10.0 Å². The number of nitrogens with one attached hydrogen (secondary N) is 1. The molecule has 0 fully saturated rings. The van der Waals surface area contributed by atoms with Crippen LogP contribution in [0.5, 0.6) is 0 Å². The molecule has 0 unspecified atom stereocenters. The number of hydrogen-bond donors (Lipinski definition) is 1. The molecule has 1 heterocycles. The second-order valence-electron chi connectivity index (χ2n) is 4.44. The number of thiophene rings is 1. The summed E-state index contributed by atoms with van der Waals surface area (Å²) in [7, 11) is -3.44. The second-order valence-corrected chi connectivity index (χ2v) is 9.21. The van der Waals surface area contributed by atoms with Crippen LogP contribution in [0.25, 0.3) is 0 Å². The van der Waals surface area contributed by atoms with Crippen LogP contribution in [0.15, 0.2) is 25.7 Å². The van der Waals surface area contributed by atoms with Crippen molar-refractivity contribution in [1.82, 2.24) is 4.72 Å². The summed E-state index contributed by atoms with van der Waals surface area (Å²) in [5, 5.41) is 0.431. The summed E-state index contributed by atoms with van der Waals surface area (Å²) in [6.07, 6.45) is 7.70. The van der Waals surface area contributed by atoms with Gasteiger partial charge in [-0.05, 0) is 54.1 Å². The maximum absolute atomic E-state index is 12.0. The summed E-state index contributed by atoms with van der Waals surface area (Å²) in [5.41, 5.74) is 1.36. The summed E-state index contributed by atoms with van der Waals surface area (Å²) in [4.78, 5) is 0. The van der Waals surface area contributed by atoms with Gasteiger partial charge in [-0.15, -0.1) is 11.3 Å². The molecule has 0 saturated carbocycles. The Balaban J connectivity index is 1.92. The molecule has 0 aliphatic heterocycles. The smallest absolute Gasteiger partial charge is 0.210 e. The van der Waals surface area contributed by atoms with Crippen molar-refractivity contribution < 1.29 is 8.42 Å². The van der Waals surface area contributed by atoms with Gasteiger partial charge < -0.3 is 0 Å². The van der Waals surface area contributed by atoms with E-state index in [0.29, 0.717) is 15.4 Å². The first kappa shape index (κ1) is 15.5. The molecule has 0 aromatic carbocycles. The van der Waals surface area contributed by atoms with Crippen LogP contribution in [0.1, 0.15) is 32.1 Å². The fourth-order valence-electron chi connectivity index (χ4n) is 2.01. The minimum atomic E-state index is -3.44. The molecule has 1 N–H and O–H groups in total. The maximum atomic E-state index is 12.0. The molecule has 0 amide bonds. The van der Waals surface area contributed by atoms with Crippen LogP contribution < -0.4 is 4.72 Å². The van der Waals surface area contributed by atoms with Gasteiger partial charge in [-0.3, -0.25) is 0 Å². The highest BCUT2D eigenvalue weighted by Crippen LogP contribution is 2.34. The molecular weight excluding hydrogens is 370 g/mol. The van der Waals surface area contributed by atoms with Gasteiger partial charge in [0.15, 0.2) is 0 Å². The minimum absolute atomic E-state index is 0.252. The van der Waals surface area contributed by atoms with E-state index in [1.165, 1.54) is 24.5 Å². The third kappa shape index (κ3) is 4.29. The summed E-state index contributed by atoms with van der Waals surface area (Å²) >= 11 is 10.2. The molecular formula is C12H15BrClNO2S2. The Hall–Kier alpha value is 0.120. The van der Waals surface area contributed by atoms with Gasteiger partial charge in [-0.1, -0.05) is 23.3 Å². The van der Waals surface area contributed by atoms with Crippen molar-refractivity contribution in [3.8, 4) is 0 Å². The fraction of sp³-hybridized carbons (Fsp3) is 0.500. The largest absolute Gasteiger partial charge is 0.250 e. The highest BCUT2D eigenvalue weighted by molar-refractivity contribution is 9.11. The standard InChI is InChI=1S/C12H15BrClNO2S2/c13-12-10(14)8-11(18-12)19(16,17)15-7-6-9-4-2-1-3-5-9/h4,8,15H,1-3,5-7H2. The van der Waals surface area contributed by atoms with Crippen molar-refractivity contribution in [2.45, 2.75) is 36.3 Å². The van der Waals surface area contributed by atoms with Crippen LogP contribution >= 0.6 is 38.9 Å². The zero-order valence-corrected chi connectivity index (χ0v) is 14.3. The first-order valence-electron chi connectivity index (χ1n) is 6.11. The summed E-state index contributed by atoms with van der Waals surface area (Å²) in [5.74, 6) is 0.